The monoisotopic (exact) mass is 1720 g/mol. The van der Waals surface area contributed by atoms with Crippen molar-refractivity contribution >= 4 is 134 Å². The fourth-order valence-electron chi connectivity index (χ4n) is 18.1. The highest BCUT2D eigenvalue weighted by molar-refractivity contribution is 7.81. The number of para-hydroxylation sites is 5. The molecule has 0 amide bonds. The number of thiocarbonyl (C=S) groups is 1. The molecule has 8 nitrogen and oxygen atoms in total. The summed E-state index contributed by atoms with van der Waals surface area (Å²) in [6.07, 6.45) is 9.12. The van der Waals surface area contributed by atoms with Crippen molar-refractivity contribution in [2.24, 2.45) is 0 Å². The summed E-state index contributed by atoms with van der Waals surface area (Å²) in [6.45, 7) is 13.0. The van der Waals surface area contributed by atoms with E-state index in [4.69, 9.17) is 12.2 Å². The third-order valence-corrected chi connectivity index (χ3v) is 25.7. The van der Waals surface area contributed by atoms with Crippen LogP contribution in [0.4, 0.5) is 8.78 Å². The molecular weight excluding hydrogens is 1640 g/mol. The Morgan fingerprint density at radius 3 is 0.902 bits per heavy atom. The Labute approximate surface area is 767 Å². The number of carbonyl (C=O) groups excluding carboxylic acids is 1. The number of nitrogens with one attached hydrogen (secondary N) is 7. The van der Waals surface area contributed by atoms with Gasteiger partial charge in [-0.2, -0.15) is 0 Å². The van der Waals surface area contributed by atoms with Gasteiger partial charge in [0.1, 0.15) is 11.6 Å². The Hall–Kier alpha value is -16.9. The van der Waals surface area contributed by atoms with Crippen LogP contribution in [0.2, 0.25) is 0 Å². The summed E-state index contributed by atoms with van der Waals surface area (Å²) in [4.78, 5) is 38.0. The molecule has 132 heavy (non-hydrogen) atoms. The van der Waals surface area contributed by atoms with Crippen molar-refractivity contribution in [2.75, 3.05) is 0 Å². The van der Waals surface area contributed by atoms with E-state index >= 15 is 0 Å². The smallest absolute Gasteiger partial charge is 0.189 e. The van der Waals surface area contributed by atoms with Crippen molar-refractivity contribution in [3.63, 3.8) is 0 Å². The lowest BCUT2D eigenvalue weighted by molar-refractivity contribution is 0.103. The first-order chi connectivity index (χ1) is 64.7. The van der Waals surface area contributed by atoms with E-state index in [2.05, 4.69) is 315 Å². The average Bonchev–Trinajstić information content (AvgIpc) is 1.64. The number of hydrogen-bond acceptors (Lipinski definition) is 2. The van der Waals surface area contributed by atoms with Crippen LogP contribution in [0, 0.1) is 11.6 Å². The van der Waals surface area contributed by atoms with Crippen molar-refractivity contribution < 1.29 is 13.6 Å². The summed E-state index contributed by atoms with van der Waals surface area (Å²) in [5, 5.41) is 7.71. The van der Waals surface area contributed by atoms with Gasteiger partial charge in [-0.15, -0.1) is 0 Å². The maximum Gasteiger partial charge on any atom is 0.189 e. The Morgan fingerprint density at radius 2 is 0.523 bits per heavy atom. The molecule has 0 bridgehead atoms. The molecule has 0 fully saturated rings. The van der Waals surface area contributed by atoms with Gasteiger partial charge in [0.15, 0.2) is 5.78 Å². The van der Waals surface area contributed by atoms with Gasteiger partial charge >= 0.3 is 0 Å². The van der Waals surface area contributed by atoms with Crippen molar-refractivity contribution in [3.05, 3.63) is 515 Å². The predicted molar refractivity (Wildman–Crippen MR) is 551 cm³/mol. The third kappa shape index (κ3) is 17.3. The molecule has 11 heteroatoms. The highest BCUT2D eigenvalue weighted by Gasteiger charge is 2.23. The van der Waals surface area contributed by atoms with Gasteiger partial charge in [-0.25, -0.2) is 8.78 Å². The summed E-state index contributed by atoms with van der Waals surface area (Å²) in [7, 11) is 0. The van der Waals surface area contributed by atoms with Crippen LogP contribution in [-0.2, 0) is 19.3 Å². The minimum absolute atomic E-state index is 0.110. The molecule has 0 saturated heterocycles. The topological polar surface area (TPSA) is 128 Å². The highest BCUT2D eigenvalue weighted by Crippen LogP contribution is 2.40. The number of carbonyl (C=O) groups is 1. The number of Topliss-reactive ketones (excluding diaryl/α,β-unsaturated/α-hetero) is 1. The van der Waals surface area contributed by atoms with Gasteiger partial charge in [-0.05, 0) is 276 Å². The molecule has 0 atom stereocenters. The van der Waals surface area contributed by atoms with Crippen molar-refractivity contribution in [1.29, 1.82) is 0 Å². The van der Waals surface area contributed by atoms with Crippen LogP contribution >= 0.6 is 12.2 Å². The standard InChI is InChI=1S/C25H19N.2C24H17FN2.C24H17NO.C24H17NS/c1-17(23-14-19-7-2-3-8-20(19)15-23)18-10-6-11-21(13-18)25-16-22-9-4-5-12-24(22)26-25;2*1-15(23-13-18-5-2-3-8-21(18)26-23)16-6-4-7-17(11-16)24-14-19-12-20(25)9-10-22(19)27-24;2*26-24(21-12-16-6-1-2-7-17(16)13-21)20-10-5-9-18(14-20)23-15-19-8-3-4-11-22(19)25-23/h2-14,16,26H,1,15H2;2*2-14,26-27H,1H2;2*1-12,14-15,25H,13H2. The van der Waals surface area contributed by atoms with Crippen molar-refractivity contribution in [3.8, 4) is 56.3 Å². The molecule has 0 aliphatic heterocycles. The van der Waals surface area contributed by atoms with E-state index in [1.54, 1.807) is 24.3 Å². The molecule has 632 valence electrons. The van der Waals surface area contributed by atoms with Crippen LogP contribution in [0.5, 0.6) is 0 Å². The summed E-state index contributed by atoms with van der Waals surface area (Å²) in [6, 6.07) is 132. The molecule has 0 radical (unpaired) electrons. The number of halogens is 2. The maximum absolute atomic E-state index is 13.5. The molecule has 15 aromatic carbocycles. The molecule has 0 unspecified atom stereocenters. The Bertz CT molecular complexity index is 7600. The van der Waals surface area contributed by atoms with E-state index < -0.39 is 0 Å². The molecule has 25 rings (SSSR count). The van der Waals surface area contributed by atoms with Crippen LogP contribution in [-0.4, -0.2) is 45.5 Å². The van der Waals surface area contributed by atoms with Crippen LogP contribution in [0.15, 0.2) is 431 Å². The van der Waals surface area contributed by atoms with Gasteiger partial charge in [-0.3, -0.25) is 4.79 Å². The minimum atomic E-state index is -0.228. The van der Waals surface area contributed by atoms with Crippen LogP contribution in [0.25, 0.3) is 168 Å². The van der Waals surface area contributed by atoms with Gasteiger partial charge < -0.3 is 34.9 Å². The van der Waals surface area contributed by atoms with Gasteiger partial charge in [0.05, 0.1) is 0 Å². The zero-order chi connectivity index (χ0) is 89.3. The number of hydrogen-bond donors (Lipinski definition) is 7. The van der Waals surface area contributed by atoms with Gasteiger partial charge in [-0.1, -0.05) is 293 Å². The Kier molecular flexibility index (Phi) is 22.2. The lowest BCUT2D eigenvalue weighted by atomic mass is 9.96. The van der Waals surface area contributed by atoms with E-state index in [1.165, 1.54) is 94.7 Å². The zero-order valence-electron chi connectivity index (χ0n) is 72.1. The summed E-state index contributed by atoms with van der Waals surface area (Å²) >= 11 is 5.82. The van der Waals surface area contributed by atoms with E-state index in [1.807, 2.05) is 115 Å². The number of aromatic amines is 7. The highest BCUT2D eigenvalue weighted by atomic mass is 32.1. The van der Waals surface area contributed by atoms with E-state index in [0.29, 0.717) is 6.42 Å². The van der Waals surface area contributed by atoms with Crippen LogP contribution in [0.3, 0.4) is 0 Å². The number of H-pyrrole nitrogens is 7. The molecule has 3 aliphatic carbocycles. The summed E-state index contributed by atoms with van der Waals surface area (Å²) < 4.78 is 26.9. The first-order valence-electron chi connectivity index (χ1n) is 44.2. The minimum Gasteiger partial charge on any atom is -0.355 e. The quantitative estimate of drug-likeness (QED) is 0.0408. The molecule has 3 aliphatic rings. The van der Waals surface area contributed by atoms with Crippen molar-refractivity contribution in [2.45, 2.75) is 19.3 Å². The fraction of sp³-hybridized carbons (Fsp3) is 0.0248. The van der Waals surface area contributed by atoms with Crippen molar-refractivity contribution in [1.82, 2.24) is 34.9 Å². The molecule has 0 spiro atoms. The average molecular weight is 1730 g/mol. The Morgan fingerprint density at radius 1 is 0.242 bits per heavy atom. The van der Waals surface area contributed by atoms with Crippen LogP contribution < -0.4 is 0 Å². The summed E-state index contributed by atoms with van der Waals surface area (Å²) in [5.41, 5.74) is 39.4. The SMILES string of the molecule is C=C(C1=Cc2ccccc2C1)c1cccc(-c2cc3ccccc3[nH]2)c1.C=C(c1cccc(-c2cc3cc(F)ccc3[nH]2)c1)c1cc2ccccc2[nH]1.C=C(c1cccc(-c2cc3cc(F)ccc3[nH]2)c1)c1cc2ccccc2[nH]1.O=C(C1=Cc2ccccc2C1)c1cccc(-c2cc3ccccc3[nH]2)c1.S=C(C1=Cc2ccccc2C1)c1cccc(-c2cc3ccccc3[nH]2)c1. The molecule has 22 aromatic rings. The van der Waals surface area contributed by atoms with Crippen LogP contribution in [0.1, 0.15) is 77.4 Å². The lowest BCUT2D eigenvalue weighted by Crippen LogP contribution is -2.03. The zero-order valence-corrected chi connectivity index (χ0v) is 72.9. The second-order valence-corrected chi connectivity index (χ2v) is 34.2. The number of ketones is 1. The lowest BCUT2D eigenvalue weighted by Gasteiger charge is -2.09. The first kappa shape index (κ1) is 82.1. The van der Waals surface area contributed by atoms with Gasteiger partial charge in [0.2, 0.25) is 0 Å². The van der Waals surface area contributed by atoms with E-state index in [0.717, 1.165) is 174 Å². The fourth-order valence-corrected chi connectivity index (χ4v) is 18.4. The predicted octanol–water partition coefficient (Wildman–Crippen LogP) is 31.4. The normalized spacial score (nSPS) is 12.2. The van der Waals surface area contributed by atoms with Gasteiger partial charge in [0.25, 0.3) is 0 Å². The molecule has 7 aromatic heterocycles. The third-order valence-electron chi connectivity index (χ3n) is 25.2. The second kappa shape index (κ2) is 35.8. The largest absolute Gasteiger partial charge is 0.355 e. The van der Waals surface area contributed by atoms with E-state index in [9.17, 15) is 13.6 Å². The first-order valence-corrected chi connectivity index (χ1v) is 44.6. The molecule has 7 N–H and O–H groups in total. The number of rotatable bonds is 15. The van der Waals surface area contributed by atoms with E-state index in [-0.39, 0.29) is 17.4 Å². The summed E-state index contributed by atoms with van der Waals surface area (Å²) in [5.74, 6) is -0.345. The number of aromatic nitrogens is 7. The second-order valence-electron chi connectivity index (χ2n) is 33.8. The molecular formula is C121H87F2N7OS. The number of allylic oxidation sites excluding steroid dienone is 4. The Balaban J connectivity index is 0.0000000995. The molecule has 0 saturated carbocycles. The maximum atomic E-state index is 13.5. The number of benzene rings is 15. The molecule has 7 heterocycles. The number of fused-ring (bicyclic) bond motifs is 10. The van der Waals surface area contributed by atoms with Gasteiger partial charge in [0, 0.05) is 139 Å².